The minimum absolute atomic E-state index is 0.334. The smallest absolute Gasteiger partial charge is 0.461 e. The number of carbonyl (C=O) groups excluding carboxylic acids is 1. The first-order chi connectivity index (χ1) is 8.94. The van der Waals surface area contributed by atoms with E-state index < -0.39 is 29.0 Å². The van der Waals surface area contributed by atoms with Crippen molar-refractivity contribution in [2.75, 3.05) is 0 Å². The highest BCUT2D eigenvalue weighted by Crippen LogP contribution is 2.40. The topological polar surface area (TPSA) is 26.3 Å². The van der Waals surface area contributed by atoms with Crippen LogP contribution >= 0.6 is 0 Å². The van der Waals surface area contributed by atoms with Gasteiger partial charge in [0, 0.05) is 12.0 Å². The molecule has 1 aromatic rings. The summed E-state index contributed by atoms with van der Waals surface area (Å²) in [5, 5.41) is 0. The minimum atomic E-state index is -5.90. The number of ether oxygens (including phenoxy) is 1. The number of benzene rings is 1. The zero-order valence-electron chi connectivity index (χ0n) is 10.6. The third-order valence-electron chi connectivity index (χ3n) is 2.97. The number of Topliss-reactive ketones (excluding diaryl/α,β-unsaturated/α-hetero) is 1. The molecule has 0 saturated carbocycles. The Morgan fingerprint density at radius 2 is 1.80 bits per heavy atom. The average molecular weight is 294 g/mol. The van der Waals surface area contributed by atoms with Crippen molar-refractivity contribution < 1.29 is 31.5 Å². The van der Waals surface area contributed by atoms with Crippen molar-refractivity contribution in [3.63, 3.8) is 0 Å². The Labute approximate surface area is 111 Å². The van der Waals surface area contributed by atoms with E-state index in [0.717, 1.165) is 12.1 Å². The van der Waals surface area contributed by atoms with Crippen molar-refractivity contribution in [2.24, 2.45) is 0 Å². The molecular weight excluding hydrogens is 283 g/mol. The third kappa shape index (κ3) is 2.36. The number of halogens is 5. The van der Waals surface area contributed by atoms with E-state index >= 15 is 0 Å². The SMILES string of the molecule is CC1(C)Cc2cc(C(=O)C(F)(F)C(F)(F)F)ccc2O1. The number of carbonyl (C=O) groups is 1. The summed E-state index contributed by atoms with van der Waals surface area (Å²) < 4.78 is 68.0. The first kappa shape index (κ1) is 14.7. The summed E-state index contributed by atoms with van der Waals surface area (Å²) in [5.74, 6) is -7.25. The summed E-state index contributed by atoms with van der Waals surface area (Å²) in [6.07, 6.45) is -5.57. The fourth-order valence-electron chi connectivity index (χ4n) is 2.06. The number of fused-ring (bicyclic) bond motifs is 1. The van der Waals surface area contributed by atoms with E-state index in [1.165, 1.54) is 6.07 Å². The fourth-order valence-corrected chi connectivity index (χ4v) is 2.06. The Balaban J connectivity index is 2.36. The standard InChI is InChI=1S/C13H11F5O2/c1-11(2)6-8-5-7(3-4-9(8)20-11)10(19)12(14,15)13(16,17)18/h3-5H,6H2,1-2H3. The highest BCUT2D eigenvalue weighted by molar-refractivity contribution is 6.02. The summed E-state index contributed by atoms with van der Waals surface area (Å²) in [5.41, 5.74) is -0.803. The first-order valence-corrected chi connectivity index (χ1v) is 5.75. The number of hydrogen-bond donors (Lipinski definition) is 0. The molecule has 0 aliphatic carbocycles. The van der Waals surface area contributed by atoms with Crippen LogP contribution in [0.2, 0.25) is 0 Å². The molecule has 0 N–H and O–H groups in total. The van der Waals surface area contributed by atoms with Crippen LogP contribution in [0.3, 0.4) is 0 Å². The second-order valence-electron chi connectivity index (χ2n) is 5.26. The Morgan fingerprint density at radius 1 is 1.20 bits per heavy atom. The van der Waals surface area contributed by atoms with Crippen LogP contribution in [0, 0.1) is 0 Å². The quantitative estimate of drug-likeness (QED) is 0.613. The third-order valence-corrected chi connectivity index (χ3v) is 2.97. The van der Waals surface area contributed by atoms with Crippen LogP contribution in [0.4, 0.5) is 22.0 Å². The van der Waals surface area contributed by atoms with Gasteiger partial charge in [0.1, 0.15) is 11.4 Å². The molecule has 1 aromatic carbocycles. The highest BCUT2D eigenvalue weighted by Gasteiger charge is 2.63. The molecule has 0 aromatic heterocycles. The maximum Gasteiger partial charge on any atom is 0.461 e. The van der Waals surface area contributed by atoms with Crippen LogP contribution in [0.5, 0.6) is 5.75 Å². The molecule has 1 aliphatic rings. The minimum Gasteiger partial charge on any atom is -0.487 e. The van der Waals surface area contributed by atoms with E-state index in [9.17, 15) is 26.7 Å². The Bertz CT molecular complexity index is 560. The number of hydrogen-bond acceptors (Lipinski definition) is 2. The second kappa shape index (κ2) is 4.17. The summed E-state index contributed by atoms with van der Waals surface area (Å²) in [6, 6.07) is 3.19. The van der Waals surface area contributed by atoms with Gasteiger partial charge in [-0.2, -0.15) is 22.0 Å². The molecule has 0 amide bonds. The fraction of sp³-hybridized carbons (Fsp3) is 0.462. The van der Waals surface area contributed by atoms with Gasteiger partial charge in [-0.05, 0) is 37.6 Å². The molecule has 7 heteroatoms. The molecule has 0 unspecified atom stereocenters. The molecule has 0 atom stereocenters. The van der Waals surface area contributed by atoms with Crippen molar-refractivity contribution in [1.29, 1.82) is 0 Å². The largest absolute Gasteiger partial charge is 0.487 e. The Kier molecular flexibility index (Phi) is 3.07. The van der Waals surface area contributed by atoms with E-state index in [2.05, 4.69) is 0 Å². The first-order valence-electron chi connectivity index (χ1n) is 5.75. The maximum absolute atomic E-state index is 13.0. The predicted molar refractivity (Wildman–Crippen MR) is 60.2 cm³/mol. The molecule has 1 heterocycles. The number of rotatable bonds is 2. The van der Waals surface area contributed by atoms with Crippen LogP contribution in [0.25, 0.3) is 0 Å². The molecular formula is C13H11F5O2. The lowest BCUT2D eigenvalue weighted by Crippen LogP contribution is -2.44. The van der Waals surface area contributed by atoms with Crippen molar-refractivity contribution in [3.05, 3.63) is 29.3 Å². The lowest BCUT2D eigenvalue weighted by atomic mass is 9.97. The number of alkyl halides is 5. The van der Waals surface area contributed by atoms with Crippen molar-refractivity contribution >= 4 is 5.78 Å². The zero-order chi connectivity index (χ0) is 15.3. The molecule has 0 spiro atoms. The molecule has 0 bridgehead atoms. The predicted octanol–water partition coefficient (Wildman–Crippen LogP) is 3.78. The van der Waals surface area contributed by atoms with Gasteiger partial charge in [0.25, 0.3) is 0 Å². The Hall–Kier alpha value is -1.66. The monoisotopic (exact) mass is 294 g/mol. The molecule has 0 saturated heterocycles. The van der Waals surface area contributed by atoms with E-state index in [4.69, 9.17) is 4.74 Å². The molecule has 2 nitrogen and oxygen atoms in total. The highest BCUT2D eigenvalue weighted by atomic mass is 19.4. The summed E-state index contributed by atoms with van der Waals surface area (Å²) in [7, 11) is 0. The normalized spacial score (nSPS) is 17.6. The van der Waals surface area contributed by atoms with Gasteiger partial charge in [-0.1, -0.05) is 0 Å². The molecule has 1 aliphatic heterocycles. The van der Waals surface area contributed by atoms with E-state index in [1.54, 1.807) is 13.8 Å². The van der Waals surface area contributed by atoms with Gasteiger partial charge in [0.05, 0.1) is 0 Å². The lowest BCUT2D eigenvalue weighted by molar-refractivity contribution is -0.255. The Morgan fingerprint density at radius 3 is 2.35 bits per heavy atom. The van der Waals surface area contributed by atoms with Gasteiger partial charge in [-0.15, -0.1) is 0 Å². The van der Waals surface area contributed by atoms with Gasteiger partial charge in [-0.25, -0.2) is 0 Å². The maximum atomic E-state index is 13.0. The van der Waals surface area contributed by atoms with Crippen LogP contribution in [0.15, 0.2) is 18.2 Å². The van der Waals surface area contributed by atoms with Crippen molar-refractivity contribution in [2.45, 2.75) is 38.0 Å². The van der Waals surface area contributed by atoms with Gasteiger partial charge in [-0.3, -0.25) is 4.79 Å². The van der Waals surface area contributed by atoms with Crippen molar-refractivity contribution in [1.82, 2.24) is 0 Å². The van der Waals surface area contributed by atoms with Crippen LogP contribution < -0.4 is 4.74 Å². The molecule has 2 rings (SSSR count). The van der Waals surface area contributed by atoms with Crippen LogP contribution in [-0.2, 0) is 6.42 Å². The van der Waals surface area contributed by atoms with Gasteiger partial charge < -0.3 is 4.74 Å². The molecule has 110 valence electrons. The van der Waals surface area contributed by atoms with Gasteiger partial charge >= 0.3 is 12.1 Å². The van der Waals surface area contributed by atoms with Crippen molar-refractivity contribution in [3.8, 4) is 5.75 Å². The van der Waals surface area contributed by atoms with E-state index in [-0.39, 0.29) is 0 Å². The van der Waals surface area contributed by atoms with Crippen LogP contribution in [-0.4, -0.2) is 23.5 Å². The van der Waals surface area contributed by atoms with Gasteiger partial charge in [0.2, 0.25) is 5.78 Å². The van der Waals surface area contributed by atoms with E-state index in [0.29, 0.717) is 17.7 Å². The summed E-state index contributed by atoms with van der Waals surface area (Å²) >= 11 is 0. The molecule has 0 radical (unpaired) electrons. The van der Waals surface area contributed by atoms with Gasteiger partial charge in [0.15, 0.2) is 0 Å². The zero-order valence-corrected chi connectivity index (χ0v) is 10.6. The average Bonchev–Trinajstić information content (AvgIpc) is 2.58. The molecule has 20 heavy (non-hydrogen) atoms. The summed E-state index contributed by atoms with van der Waals surface area (Å²) in [4.78, 5) is 11.4. The van der Waals surface area contributed by atoms with Crippen LogP contribution in [0.1, 0.15) is 29.8 Å². The molecule has 0 fully saturated rings. The summed E-state index contributed by atoms with van der Waals surface area (Å²) in [6.45, 7) is 3.50. The van der Waals surface area contributed by atoms with E-state index in [1.807, 2.05) is 0 Å². The second-order valence-corrected chi connectivity index (χ2v) is 5.26. The number of ketones is 1. The lowest BCUT2D eigenvalue weighted by Gasteiger charge is -2.18.